The van der Waals surface area contributed by atoms with E-state index in [1.54, 1.807) is 7.11 Å². The number of hydrogen-bond donors (Lipinski definition) is 2. The zero-order valence-corrected chi connectivity index (χ0v) is 21.0. The molecular weight excluding hydrogens is 438 g/mol. The first kappa shape index (κ1) is 26.5. The molecule has 0 spiro atoms. The highest BCUT2D eigenvalue weighted by atomic mass is 16.7. The third kappa shape index (κ3) is 7.96. The summed E-state index contributed by atoms with van der Waals surface area (Å²) >= 11 is 0. The van der Waals surface area contributed by atoms with E-state index < -0.39 is 6.10 Å². The van der Waals surface area contributed by atoms with Gasteiger partial charge in [-0.15, -0.1) is 0 Å². The molecule has 0 aliphatic rings. The maximum atomic E-state index is 10.1. The Hall–Kier alpha value is -3.12. The summed E-state index contributed by atoms with van der Waals surface area (Å²) in [6.07, 6.45) is 1.38. The molecule has 0 saturated heterocycles. The SMILES string of the molecule is CCCNCC(O)COc1ccc(/C(=C(/CC)c2ccccc2)c2ccc(OCOC)cc2)cc1. The molecule has 0 saturated carbocycles. The molecule has 0 fully saturated rings. The van der Waals surface area contributed by atoms with Crippen LogP contribution in [0.15, 0.2) is 78.9 Å². The van der Waals surface area contributed by atoms with Crippen molar-refractivity contribution in [1.29, 1.82) is 0 Å². The number of hydrogen-bond acceptors (Lipinski definition) is 5. The molecule has 0 aromatic heterocycles. The van der Waals surface area contributed by atoms with Gasteiger partial charge >= 0.3 is 0 Å². The predicted octanol–water partition coefficient (Wildman–Crippen LogP) is 5.78. The lowest BCUT2D eigenvalue weighted by Gasteiger charge is -2.18. The number of aliphatic hydroxyl groups excluding tert-OH is 1. The van der Waals surface area contributed by atoms with Crippen molar-refractivity contribution < 1.29 is 19.3 Å². The van der Waals surface area contributed by atoms with E-state index in [-0.39, 0.29) is 13.4 Å². The van der Waals surface area contributed by atoms with Gasteiger partial charge in [0.15, 0.2) is 6.79 Å². The van der Waals surface area contributed by atoms with Crippen molar-refractivity contribution in [2.75, 3.05) is 33.6 Å². The molecule has 0 bridgehead atoms. The van der Waals surface area contributed by atoms with Crippen molar-refractivity contribution in [2.45, 2.75) is 32.8 Å². The molecule has 35 heavy (non-hydrogen) atoms. The highest BCUT2D eigenvalue weighted by Crippen LogP contribution is 2.35. The van der Waals surface area contributed by atoms with Crippen molar-refractivity contribution in [1.82, 2.24) is 5.32 Å². The normalized spacial score (nSPS) is 12.7. The fourth-order valence-electron chi connectivity index (χ4n) is 3.94. The van der Waals surface area contributed by atoms with Gasteiger partial charge in [-0.05, 0) is 71.5 Å². The minimum Gasteiger partial charge on any atom is -0.491 e. The Bertz CT molecular complexity index is 1030. The maximum Gasteiger partial charge on any atom is 0.188 e. The molecule has 0 radical (unpaired) electrons. The van der Waals surface area contributed by atoms with Gasteiger partial charge in [0.1, 0.15) is 24.2 Å². The molecule has 3 rings (SSSR count). The predicted molar refractivity (Wildman–Crippen MR) is 143 cm³/mol. The minimum atomic E-state index is -0.541. The van der Waals surface area contributed by atoms with E-state index in [4.69, 9.17) is 14.2 Å². The highest BCUT2D eigenvalue weighted by Gasteiger charge is 2.14. The van der Waals surface area contributed by atoms with Crippen LogP contribution in [0.1, 0.15) is 43.4 Å². The van der Waals surface area contributed by atoms with Gasteiger partial charge in [0.05, 0.1) is 0 Å². The highest BCUT2D eigenvalue weighted by molar-refractivity contribution is 5.98. The van der Waals surface area contributed by atoms with Crippen molar-refractivity contribution in [2.24, 2.45) is 0 Å². The number of nitrogens with one attached hydrogen (secondary N) is 1. The summed E-state index contributed by atoms with van der Waals surface area (Å²) in [5, 5.41) is 13.3. The molecule has 5 nitrogen and oxygen atoms in total. The van der Waals surface area contributed by atoms with E-state index in [9.17, 15) is 5.11 Å². The van der Waals surface area contributed by atoms with Gasteiger partial charge in [0.25, 0.3) is 0 Å². The van der Waals surface area contributed by atoms with Gasteiger partial charge < -0.3 is 24.6 Å². The van der Waals surface area contributed by atoms with Crippen LogP contribution in [0.25, 0.3) is 11.1 Å². The summed E-state index contributed by atoms with van der Waals surface area (Å²) in [5.41, 5.74) is 5.86. The van der Waals surface area contributed by atoms with Gasteiger partial charge in [-0.1, -0.05) is 68.4 Å². The Labute approximate surface area is 209 Å². The first-order valence-corrected chi connectivity index (χ1v) is 12.3. The fourth-order valence-corrected chi connectivity index (χ4v) is 3.94. The number of methoxy groups -OCH3 is 1. The van der Waals surface area contributed by atoms with E-state index in [0.717, 1.165) is 42.0 Å². The Kier molecular flexibility index (Phi) is 10.8. The first-order valence-electron chi connectivity index (χ1n) is 12.3. The molecule has 1 unspecified atom stereocenters. The molecule has 1 atom stereocenters. The van der Waals surface area contributed by atoms with E-state index in [0.29, 0.717) is 6.54 Å². The average molecular weight is 476 g/mol. The zero-order valence-electron chi connectivity index (χ0n) is 21.0. The summed E-state index contributed by atoms with van der Waals surface area (Å²) in [7, 11) is 1.61. The second-order valence-corrected chi connectivity index (χ2v) is 8.34. The van der Waals surface area contributed by atoms with Crippen LogP contribution >= 0.6 is 0 Å². The topological polar surface area (TPSA) is 60.0 Å². The molecule has 0 aliphatic heterocycles. The number of ether oxygens (including phenoxy) is 3. The van der Waals surface area contributed by atoms with E-state index in [2.05, 4.69) is 67.7 Å². The fraction of sp³-hybridized carbons (Fsp3) is 0.333. The Morgan fingerprint density at radius 3 is 1.94 bits per heavy atom. The van der Waals surface area contributed by atoms with Crippen LogP contribution in [0.3, 0.4) is 0 Å². The number of benzene rings is 3. The van der Waals surface area contributed by atoms with E-state index in [1.165, 1.54) is 16.7 Å². The number of aliphatic hydroxyl groups is 1. The van der Waals surface area contributed by atoms with E-state index in [1.807, 2.05) is 30.3 Å². The quantitative estimate of drug-likeness (QED) is 0.176. The third-order valence-electron chi connectivity index (χ3n) is 5.66. The summed E-state index contributed by atoms with van der Waals surface area (Å²) in [6.45, 7) is 6.18. The van der Waals surface area contributed by atoms with Crippen LogP contribution in [0, 0.1) is 0 Å². The maximum absolute atomic E-state index is 10.1. The Morgan fingerprint density at radius 1 is 0.800 bits per heavy atom. The molecule has 0 aliphatic carbocycles. The Balaban J connectivity index is 1.88. The van der Waals surface area contributed by atoms with Crippen molar-refractivity contribution in [3.8, 4) is 11.5 Å². The number of allylic oxidation sites excluding steroid dienone is 1. The summed E-state index contributed by atoms with van der Waals surface area (Å²) in [4.78, 5) is 0. The van der Waals surface area contributed by atoms with Crippen molar-refractivity contribution in [3.63, 3.8) is 0 Å². The average Bonchev–Trinajstić information content (AvgIpc) is 2.91. The van der Waals surface area contributed by atoms with Crippen LogP contribution in [0.4, 0.5) is 0 Å². The van der Waals surface area contributed by atoms with Crippen LogP contribution in [-0.2, 0) is 4.74 Å². The molecule has 2 N–H and O–H groups in total. The van der Waals surface area contributed by atoms with Crippen LogP contribution in [-0.4, -0.2) is 44.8 Å². The summed E-state index contributed by atoms with van der Waals surface area (Å²) in [6, 6.07) is 26.7. The second kappa shape index (κ2) is 14.3. The monoisotopic (exact) mass is 475 g/mol. The molecule has 0 heterocycles. The minimum absolute atomic E-state index is 0.219. The van der Waals surface area contributed by atoms with Crippen molar-refractivity contribution >= 4 is 11.1 Å². The molecule has 186 valence electrons. The smallest absolute Gasteiger partial charge is 0.188 e. The Morgan fingerprint density at radius 2 is 1.40 bits per heavy atom. The zero-order chi connectivity index (χ0) is 24.9. The molecule has 3 aromatic carbocycles. The molecule has 3 aromatic rings. The molecule has 5 heteroatoms. The van der Waals surface area contributed by atoms with E-state index >= 15 is 0 Å². The van der Waals surface area contributed by atoms with Gasteiger partial charge in [0, 0.05) is 13.7 Å². The van der Waals surface area contributed by atoms with Gasteiger partial charge in [-0.25, -0.2) is 0 Å². The van der Waals surface area contributed by atoms with Gasteiger partial charge in [-0.3, -0.25) is 0 Å². The molecule has 0 amide bonds. The van der Waals surface area contributed by atoms with Gasteiger partial charge in [0.2, 0.25) is 0 Å². The largest absolute Gasteiger partial charge is 0.491 e. The van der Waals surface area contributed by atoms with Crippen LogP contribution < -0.4 is 14.8 Å². The van der Waals surface area contributed by atoms with Crippen molar-refractivity contribution in [3.05, 3.63) is 95.6 Å². The lowest BCUT2D eigenvalue weighted by atomic mass is 9.88. The first-order chi connectivity index (χ1) is 17.2. The standard InChI is InChI=1S/C30H37NO4/c1-4-19-31-20-26(32)21-34-27-15-11-24(12-16-27)30(29(5-2)23-9-7-6-8-10-23)25-13-17-28(18-14-25)35-22-33-3/h6-18,26,31-32H,4-5,19-22H2,1-3H3/b30-29+. The summed E-state index contributed by atoms with van der Waals surface area (Å²) in [5.74, 6) is 1.51. The van der Waals surface area contributed by atoms with Gasteiger partial charge in [-0.2, -0.15) is 0 Å². The third-order valence-corrected chi connectivity index (χ3v) is 5.66. The molecular formula is C30H37NO4. The van der Waals surface area contributed by atoms with Crippen LogP contribution in [0.2, 0.25) is 0 Å². The second-order valence-electron chi connectivity index (χ2n) is 8.34. The van der Waals surface area contributed by atoms with Crippen LogP contribution in [0.5, 0.6) is 11.5 Å². The number of rotatable bonds is 14. The lowest BCUT2D eigenvalue weighted by molar-refractivity contribution is 0.0511. The lowest BCUT2D eigenvalue weighted by Crippen LogP contribution is -2.31. The summed E-state index contributed by atoms with van der Waals surface area (Å²) < 4.78 is 16.4.